The monoisotopic (exact) mass is 390 g/mol. The highest BCUT2D eigenvalue weighted by molar-refractivity contribution is 6.31. The van der Waals surface area contributed by atoms with Gasteiger partial charge in [-0.05, 0) is 36.8 Å². The van der Waals surface area contributed by atoms with Gasteiger partial charge in [0.2, 0.25) is 11.6 Å². The molecule has 132 valence electrons. The maximum Gasteiger partial charge on any atom is 0.353 e. The smallest absolute Gasteiger partial charge is 0.334 e. The van der Waals surface area contributed by atoms with Crippen LogP contribution in [0.5, 0.6) is 0 Å². The summed E-state index contributed by atoms with van der Waals surface area (Å²) in [6.07, 6.45) is 2.64. The van der Waals surface area contributed by atoms with Gasteiger partial charge in [-0.25, -0.2) is 15.0 Å². The third-order valence-corrected chi connectivity index (χ3v) is 4.13. The Morgan fingerprint density at radius 3 is 2.42 bits per heavy atom. The summed E-state index contributed by atoms with van der Waals surface area (Å²) in [5, 5.41) is 18.3. The zero-order valence-electron chi connectivity index (χ0n) is 13.4. The zero-order chi connectivity index (χ0) is 18.7. The van der Waals surface area contributed by atoms with E-state index in [0.29, 0.717) is 21.6 Å². The van der Waals surface area contributed by atoms with E-state index in [1.807, 2.05) is 0 Å². The van der Waals surface area contributed by atoms with Gasteiger partial charge in [-0.1, -0.05) is 29.3 Å². The molecule has 10 heteroatoms. The van der Waals surface area contributed by atoms with E-state index in [1.165, 1.54) is 12.5 Å². The largest absolute Gasteiger partial charge is 0.353 e. The summed E-state index contributed by atoms with van der Waals surface area (Å²) in [5.41, 5.74) is 1.04. The number of hydrogen-bond acceptors (Lipinski definition) is 7. The lowest BCUT2D eigenvalue weighted by molar-refractivity contribution is -0.383. The lowest BCUT2D eigenvalue weighted by atomic mass is 10.2. The summed E-state index contributed by atoms with van der Waals surface area (Å²) in [6.45, 7) is 1.80. The average molecular weight is 391 g/mol. The van der Waals surface area contributed by atoms with Crippen molar-refractivity contribution in [3.05, 3.63) is 68.6 Å². The maximum atomic E-state index is 11.6. The molecular weight excluding hydrogens is 379 g/mol. The number of aromatic nitrogens is 3. The van der Waals surface area contributed by atoms with Crippen molar-refractivity contribution < 1.29 is 4.92 Å². The van der Waals surface area contributed by atoms with Crippen molar-refractivity contribution in [1.29, 1.82) is 0 Å². The van der Waals surface area contributed by atoms with Crippen LogP contribution in [0.15, 0.2) is 42.9 Å². The van der Waals surface area contributed by atoms with Crippen LogP contribution < -0.4 is 10.6 Å². The highest BCUT2D eigenvalue weighted by Gasteiger charge is 2.24. The van der Waals surface area contributed by atoms with Crippen LogP contribution in [0, 0.1) is 17.0 Å². The first-order valence-electron chi connectivity index (χ1n) is 7.36. The lowest BCUT2D eigenvalue weighted by Gasteiger charge is -2.12. The number of rotatable bonds is 5. The minimum atomic E-state index is -0.569. The summed E-state index contributed by atoms with van der Waals surface area (Å²) < 4.78 is 0. The summed E-state index contributed by atoms with van der Waals surface area (Å²) >= 11 is 11.9. The fourth-order valence-electron chi connectivity index (χ4n) is 2.18. The molecule has 0 radical (unpaired) electrons. The standard InChI is InChI=1S/C16H12Cl2N6O2/c1-9-11(18)3-2-4-12(9)22-15-14(24(25)26)16(21-8-20-15)23-13-6-5-10(17)7-19-13/h2-8H,1H3,(H2,19,20,21,22,23). The number of pyridine rings is 1. The summed E-state index contributed by atoms with van der Waals surface area (Å²) in [7, 11) is 0. The molecule has 3 rings (SSSR count). The molecule has 0 saturated heterocycles. The molecule has 0 aliphatic heterocycles. The Balaban J connectivity index is 1.99. The number of benzene rings is 1. The molecule has 0 unspecified atom stereocenters. The van der Waals surface area contributed by atoms with E-state index in [2.05, 4.69) is 25.6 Å². The van der Waals surface area contributed by atoms with Gasteiger partial charge in [0.05, 0.1) is 9.95 Å². The van der Waals surface area contributed by atoms with Gasteiger partial charge in [0, 0.05) is 16.9 Å². The van der Waals surface area contributed by atoms with E-state index in [0.717, 1.165) is 5.56 Å². The molecule has 26 heavy (non-hydrogen) atoms. The van der Waals surface area contributed by atoms with Crippen LogP contribution in [0.2, 0.25) is 10.0 Å². The lowest BCUT2D eigenvalue weighted by Crippen LogP contribution is -2.06. The fourth-order valence-corrected chi connectivity index (χ4v) is 2.46. The minimum Gasteiger partial charge on any atom is -0.334 e. The Morgan fingerprint density at radius 1 is 1.04 bits per heavy atom. The molecule has 0 aliphatic carbocycles. The second kappa shape index (κ2) is 7.51. The molecule has 2 aromatic heterocycles. The van der Waals surface area contributed by atoms with Gasteiger partial charge in [0.1, 0.15) is 12.1 Å². The van der Waals surface area contributed by atoms with Crippen molar-refractivity contribution in [2.75, 3.05) is 10.6 Å². The number of nitrogens with zero attached hydrogens (tertiary/aromatic N) is 4. The molecule has 3 aromatic rings. The third kappa shape index (κ3) is 3.81. The van der Waals surface area contributed by atoms with Gasteiger partial charge in [-0.2, -0.15) is 0 Å². The van der Waals surface area contributed by atoms with Crippen LogP contribution >= 0.6 is 23.2 Å². The average Bonchev–Trinajstić information content (AvgIpc) is 2.61. The molecule has 2 N–H and O–H groups in total. The SMILES string of the molecule is Cc1c(Cl)cccc1Nc1ncnc(Nc2ccc(Cl)cn2)c1[N+](=O)[O-]. The number of anilines is 4. The van der Waals surface area contributed by atoms with Gasteiger partial charge in [-0.15, -0.1) is 0 Å². The van der Waals surface area contributed by atoms with Gasteiger partial charge < -0.3 is 10.6 Å². The number of halogens is 2. The predicted molar refractivity (Wildman–Crippen MR) is 101 cm³/mol. The number of nitrogens with one attached hydrogen (secondary N) is 2. The summed E-state index contributed by atoms with van der Waals surface area (Å²) in [5.74, 6) is 0.398. The van der Waals surface area contributed by atoms with Crippen molar-refractivity contribution in [3.63, 3.8) is 0 Å². The van der Waals surface area contributed by atoms with Crippen molar-refractivity contribution in [2.24, 2.45) is 0 Å². The Hall–Kier alpha value is -2.97. The Morgan fingerprint density at radius 2 is 1.77 bits per heavy atom. The molecule has 0 spiro atoms. The molecule has 0 amide bonds. The zero-order valence-corrected chi connectivity index (χ0v) is 14.9. The summed E-state index contributed by atoms with van der Waals surface area (Å²) in [6, 6.07) is 8.42. The van der Waals surface area contributed by atoms with E-state index < -0.39 is 4.92 Å². The van der Waals surface area contributed by atoms with Gasteiger partial charge in [0.25, 0.3) is 0 Å². The molecule has 0 saturated carbocycles. The number of hydrogen-bond donors (Lipinski definition) is 2. The van der Waals surface area contributed by atoms with Crippen molar-refractivity contribution in [1.82, 2.24) is 15.0 Å². The number of nitro groups is 1. The van der Waals surface area contributed by atoms with E-state index in [9.17, 15) is 10.1 Å². The van der Waals surface area contributed by atoms with Crippen molar-refractivity contribution >= 4 is 52.0 Å². The highest BCUT2D eigenvalue weighted by atomic mass is 35.5. The van der Waals surface area contributed by atoms with E-state index >= 15 is 0 Å². The van der Waals surface area contributed by atoms with Crippen LogP contribution in [-0.2, 0) is 0 Å². The van der Waals surface area contributed by atoms with Crippen LogP contribution in [0.4, 0.5) is 28.8 Å². The highest BCUT2D eigenvalue weighted by Crippen LogP contribution is 2.34. The normalized spacial score (nSPS) is 10.4. The van der Waals surface area contributed by atoms with E-state index in [-0.39, 0.29) is 17.3 Å². The predicted octanol–water partition coefficient (Wildman–Crippen LogP) is 4.88. The molecule has 0 aliphatic rings. The maximum absolute atomic E-state index is 11.6. The molecule has 0 bridgehead atoms. The molecule has 2 heterocycles. The Kier molecular flexibility index (Phi) is 5.15. The quantitative estimate of drug-likeness (QED) is 0.472. The van der Waals surface area contributed by atoms with E-state index in [4.69, 9.17) is 23.2 Å². The first kappa shape index (κ1) is 17.8. The van der Waals surface area contributed by atoms with Gasteiger partial charge >= 0.3 is 5.69 Å². The van der Waals surface area contributed by atoms with E-state index in [1.54, 1.807) is 37.3 Å². The van der Waals surface area contributed by atoms with Crippen molar-refractivity contribution in [2.45, 2.75) is 6.92 Å². The fraction of sp³-hybridized carbons (Fsp3) is 0.0625. The Labute approximate surface area is 158 Å². The van der Waals surface area contributed by atoms with Crippen LogP contribution in [0.25, 0.3) is 0 Å². The van der Waals surface area contributed by atoms with Gasteiger partial charge in [-0.3, -0.25) is 10.1 Å². The second-order valence-corrected chi connectivity index (χ2v) is 6.04. The molecule has 0 fully saturated rings. The first-order chi connectivity index (χ1) is 12.5. The molecule has 1 aromatic carbocycles. The topological polar surface area (TPSA) is 106 Å². The van der Waals surface area contributed by atoms with Crippen molar-refractivity contribution in [3.8, 4) is 0 Å². The third-order valence-electron chi connectivity index (χ3n) is 3.50. The van der Waals surface area contributed by atoms with Crippen LogP contribution in [0.1, 0.15) is 5.56 Å². The van der Waals surface area contributed by atoms with Crippen LogP contribution in [0.3, 0.4) is 0 Å². The van der Waals surface area contributed by atoms with Gasteiger partial charge in [0.15, 0.2) is 0 Å². The molecule has 8 nitrogen and oxygen atoms in total. The summed E-state index contributed by atoms with van der Waals surface area (Å²) in [4.78, 5) is 23.0. The first-order valence-corrected chi connectivity index (χ1v) is 8.11. The second-order valence-electron chi connectivity index (χ2n) is 5.20. The molecular formula is C16H12Cl2N6O2. The molecule has 0 atom stereocenters. The van der Waals surface area contributed by atoms with Crippen LogP contribution in [-0.4, -0.2) is 19.9 Å². The minimum absolute atomic E-state index is 0.00186. The Bertz CT molecular complexity index is 965.